The Morgan fingerprint density at radius 2 is 2.00 bits per heavy atom. The number of ether oxygens (including phenoxy) is 2. The molecular weight excluding hydrogens is 449 g/mol. The van der Waals surface area contributed by atoms with Gasteiger partial charge in [-0.25, -0.2) is 4.99 Å². The minimum absolute atomic E-state index is 0. The summed E-state index contributed by atoms with van der Waals surface area (Å²) in [6, 6.07) is 7.63. The lowest BCUT2D eigenvalue weighted by atomic mass is 10.2. The van der Waals surface area contributed by atoms with E-state index in [0.717, 1.165) is 30.5 Å². The van der Waals surface area contributed by atoms with Gasteiger partial charge in [-0.05, 0) is 56.7 Å². The Labute approximate surface area is 172 Å². The van der Waals surface area contributed by atoms with E-state index in [9.17, 15) is 0 Å². The second-order valence-electron chi connectivity index (χ2n) is 5.84. The highest BCUT2D eigenvalue weighted by atomic mass is 127. The molecule has 0 aromatic heterocycles. The van der Waals surface area contributed by atoms with Crippen molar-refractivity contribution in [1.82, 2.24) is 10.6 Å². The van der Waals surface area contributed by atoms with Crippen molar-refractivity contribution < 1.29 is 9.47 Å². The van der Waals surface area contributed by atoms with Crippen molar-refractivity contribution in [1.29, 1.82) is 0 Å². The van der Waals surface area contributed by atoms with E-state index in [1.807, 2.05) is 31.2 Å². The predicted octanol–water partition coefficient (Wildman–Crippen LogP) is 3.53. The number of halogens is 1. The zero-order chi connectivity index (χ0) is 17.2. The zero-order valence-corrected chi connectivity index (χ0v) is 18.4. The van der Waals surface area contributed by atoms with Crippen LogP contribution >= 0.6 is 35.7 Å². The van der Waals surface area contributed by atoms with Gasteiger partial charge in [-0.2, -0.15) is 11.8 Å². The highest BCUT2D eigenvalue weighted by Gasteiger charge is 2.15. The number of benzene rings is 1. The third-order valence-corrected chi connectivity index (χ3v) is 5.17. The molecule has 5 nitrogen and oxygen atoms in total. The summed E-state index contributed by atoms with van der Waals surface area (Å²) in [6.45, 7) is 6.56. The van der Waals surface area contributed by atoms with Crippen molar-refractivity contribution in [3.63, 3.8) is 0 Å². The van der Waals surface area contributed by atoms with Gasteiger partial charge < -0.3 is 20.1 Å². The first-order valence-electron chi connectivity index (χ1n) is 8.65. The van der Waals surface area contributed by atoms with Crippen LogP contribution in [0.25, 0.3) is 0 Å². The molecule has 1 aromatic carbocycles. The molecule has 0 saturated carbocycles. The van der Waals surface area contributed by atoms with Gasteiger partial charge in [-0.15, -0.1) is 24.0 Å². The van der Waals surface area contributed by atoms with Crippen molar-refractivity contribution in [2.45, 2.75) is 38.0 Å². The maximum absolute atomic E-state index is 5.90. The average Bonchev–Trinajstić information content (AvgIpc) is 3.11. The molecule has 1 heterocycles. The van der Waals surface area contributed by atoms with Gasteiger partial charge in [-0.3, -0.25) is 0 Å². The Bertz CT molecular complexity index is 508. The predicted molar refractivity (Wildman–Crippen MR) is 118 cm³/mol. The molecule has 0 aliphatic carbocycles. The number of nitrogens with zero attached hydrogens (tertiary/aromatic N) is 1. The lowest BCUT2D eigenvalue weighted by molar-refractivity contribution is 0.230. The van der Waals surface area contributed by atoms with E-state index in [4.69, 9.17) is 9.47 Å². The summed E-state index contributed by atoms with van der Waals surface area (Å²) < 4.78 is 11.1. The zero-order valence-electron chi connectivity index (χ0n) is 15.3. The van der Waals surface area contributed by atoms with Crippen LogP contribution in [-0.2, 0) is 0 Å². The van der Waals surface area contributed by atoms with Crippen molar-refractivity contribution in [2.75, 3.05) is 32.5 Å². The first kappa shape index (κ1) is 22.2. The molecule has 1 aromatic rings. The molecule has 7 heteroatoms. The molecule has 0 spiro atoms. The molecule has 1 saturated heterocycles. The van der Waals surface area contributed by atoms with Crippen LogP contribution in [0.2, 0.25) is 0 Å². The van der Waals surface area contributed by atoms with Gasteiger partial charge in [0.2, 0.25) is 0 Å². The van der Waals surface area contributed by atoms with Crippen molar-refractivity contribution in [2.24, 2.45) is 4.99 Å². The van der Waals surface area contributed by atoms with Gasteiger partial charge >= 0.3 is 0 Å². The lowest BCUT2D eigenvalue weighted by Gasteiger charge is -2.16. The molecular formula is C18H30IN3O2S. The highest BCUT2D eigenvalue weighted by Crippen LogP contribution is 2.25. The molecule has 0 amide bonds. The Morgan fingerprint density at radius 3 is 2.60 bits per heavy atom. The Morgan fingerprint density at radius 1 is 1.28 bits per heavy atom. The standard InChI is InChI=1S/C18H29N3O2S.HI/c1-4-19-18(21-13-17-6-5-11-24-17)20-12-14(2)23-16-9-7-15(22-3)8-10-16;/h7-10,14,17H,4-6,11-13H2,1-3H3,(H2,19,20,21);1H. The Kier molecular flexibility index (Phi) is 11.1. The van der Waals surface area contributed by atoms with E-state index < -0.39 is 0 Å². The van der Waals surface area contributed by atoms with Gasteiger partial charge in [0.25, 0.3) is 0 Å². The molecule has 1 fully saturated rings. The topological polar surface area (TPSA) is 54.9 Å². The minimum atomic E-state index is 0. The molecule has 2 atom stereocenters. The summed E-state index contributed by atoms with van der Waals surface area (Å²) in [5.74, 6) is 3.82. The van der Waals surface area contributed by atoms with Crippen molar-refractivity contribution in [3.8, 4) is 11.5 Å². The SMILES string of the molecule is CCNC(=NCC(C)Oc1ccc(OC)cc1)NCC1CCCS1.I. The van der Waals surface area contributed by atoms with E-state index in [2.05, 4.69) is 34.3 Å². The smallest absolute Gasteiger partial charge is 0.191 e. The van der Waals surface area contributed by atoms with E-state index in [0.29, 0.717) is 11.8 Å². The number of methoxy groups -OCH3 is 1. The van der Waals surface area contributed by atoms with Crippen LogP contribution in [0.4, 0.5) is 0 Å². The quantitative estimate of drug-likeness (QED) is 0.340. The van der Waals surface area contributed by atoms with Crippen LogP contribution in [0.1, 0.15) is 26.7 Å². The summed E-state index contributed by atoms with van der Waals surface area (Å²) in [5.41, 5.74) is 0. The third kappa shape index (κ3) is 8.40. The molecule has 2 unspecified atom stereocenters. The number of aliphatic imine (C=N–C) groups is 1. The van der Waals surface area contributed by atoms with Crippen LogP contribution < -0.4 is 20.1 Å². The van der Waals surface area contributed by atoms with Crippen LogP contribution in [0.5, 0.6) is 11.5 Å². The van der Waals surface area contributed by atoms with Gasteiger partial charge in [0.05, 0.1) is 13.7 Å². The van der Waals surface area contributed by atoms with E-state index in [1.165, 1.54) is 18.6 Å². The summed E-state index contributed by atoms with van der Waals surface area (Å²) in [7, 11) is 1.66. The average molecular weight is 479 g/mol. The number of nitrogens with one attached hydrogen (secondary N) is 2. The summed E-state index contributed by atoms with van der Waals surface area (Å²) in [6.07, 6.45) is 2.64. The summed E-state index contributed by atoms with van der Waals surface area (Å²) >= 11 is 2.05. The monoisotopic (exact) mass is 479 g/mol. The van der Waals surface area contributed by atoms with Crippen LogP contribution in [0.3, 0.4) is 0 Å². The summed E-state index contributed by atoms with van der Waals surface area (Å²) in [5, 5.41) is 7.45. The first-order valence-corrected chi connectivity index (χ1v) is 9.70. The van der Waals surface area contributed by atoms with Crippen molar-refractivity contribution >= 4 is 41.7 Å². The maximum atomic E-state index is 5.90. The number of guanidine groups is 1. The van der Waals surface area contributed by atoms with Crippen LogP contribution in [0.15, 0.2) is 29.3 Å². The van der Waals surface area contributed by atoms with Gasteiger partial charge in [-0.1, -0.05) is 0 Å². The molecule has 0 bridgehead atoms. The van der Waals surface area contributed by atoms with Crippen molar-refractivity contribution in [3.05, 3.63) is 24.3 Å². The van der Waals surface area contributed by atoms with Crippen LogP contribution in [-0.4, -0.2) is 49.8 Å². The third-order valence-electron chi connectivity index (χ3n) is 3.77. The second kappa shape index (κ2) is 12.5. The maximum Gasteiger partial charge on any atom is 0.191 e. The van der Waals surface area contributed by atoms with Gasteiger partial charge in [0.15, 0.2) is 5.96 Å². The molecule has 0 radical (unpaired) electrons. The molecule has 1 aliphatic heterocycles. The molecule has 2 N–H and O–H groups in total. The fourth-order valence-corrected chi connectivity index (χ4v) is 3.70. The molecule has 142 valence electrons. The Hall–Kier alpha value is -0.830. The molecule has 2 rings (SSSR count). The van der Waals surface area contributed by atoms with Gasteiger partial charge in [0, 0.05) is 18.3 Å². The Balaban J connectivity index is 0.00000312. The minimum Gasteiger partial charge on any atom is -0.497 e. The van der Waals surface area contributed by atoms with E-state index in [-0.39, 0.29) is 30.1 Å². The fraction of sp³-hybridized carbons (Fsp3) is 0.611. The van der Waals surface area contributed by atoms with Crippen LogP contribution in [0, 0.1) is 0 Å². The molecule has 1 aliphatic rings. The first-order chi connectivity index (χ1) is 11.7. The van der Waals surface area contributed by atoms with E-state index in [1.54, 1.807) is 7.11 Å². The van der Waals surface area contributed by atoms with Gasteiger partial charge in [0.1, 0.15) is 17.6 Å². The summed E-state index contributed by atoms with van der Waals surface area (Å²) in [4.78, 5) is 4.64. The largest absolute Gasteiger partial charge is 0.497 e. The van der Waals surface area contributed by atoms with E-state index >= 15 is 0 Å². The normalized spacial score (nSPS) is 18.2. The number of rotatable bonds is 8. The molecule has 25 heavy (non-hydrogen) atoms. The number of hydrogen-bond donors (Lipinski definition) is 2. The second-order valence-corrected chi connectivity index (χ2v) is 7.25. The lowest BCUT2D eigenvalue weighted by Crippen LogP contribution is -2.40. The fourth-order valence-electron chi connectivity index (χ4n) is 2.50. The number of thioether (sulfide) groups is 1. The highest BCUT2D eigenvalue weighted by molar-refractivity contribution is 14.0. The number of hydrogen-bond acceptors (Lipinski definition) is 4.